The van der Waals surface area contributed by atoms with Crippen molar-refractivity contribution in [2.75, 3.05) is 27.2 Å². The molecule has 1 aliphatic rings. The van der Waals surface area contributed by atoms with E-state index in [1.807, 2.05) is 6.92 Å². The van der Waals surface area contributed by atoms with Gasteiger partial charge in [-0.25, -0.2) is 0 Å². The molecule has 0 aromatic heterocycles. The highest BCUT2D eigenvalue weighted by atomic mass is 32.2. The predicted molar refractivity (Wildman–Crippen MR) is 77.4 cm³/mol. The van der Waals surface area contributed by atoms with Gasteiger partial charge < -0.3 is 4.74 Å². The van der Waals surface area contributed by atoms with Crippen molar-refractivity contribution in [2.45, 2.75) is 51.5 Å². The van der Waals surface area contributed by atoms with Crippen LogP contribution in [0, 0.1) is 0 Å². The lowest BCUT2D eigenvalue weighted by Gasteiger charge is -2.32. The third kappa shape index (κ3) is 4.43. The van der Waals surface area contributed by atoms with Gasteiger partial charge >= 0.3 is 5.97 Å². The summed E-state index contributed by atoms with van der Waals surface area (Å²) in [5.74, 6) is -0.394. The maximum atomic E-state index is 12.6. The van der Waals surface area contributed by atoms with Crippen LogP contribution in [-0.4, -0.2) is 56.3 Å². The number of hydrogen-bond acceptors (Lipinski definition) is 4. The summed E-state index contributed by atoms with van der Waals surface area (Å²) < 4.78 is 32.6. The molecule has 1 unspecified atom stereocenters. The van der Waals surface area contributed by atoms with Crippen LogP contribution in [0.3, 0.4) is 0 Å². The number of carbonyl (C=O) groups excluding carboxylic acids is 1. The van der Waals surface area contributed by atoms with Gasteiger partial charge in [-0.15, -0.1) is 0 Å². The Labute approximate surface area is 122 Å². The highest BCUT2D eigenvalue weighted by molar-refractivity contribution is 7.86. The minimum absolute atomic E-state index is 0.0723. The van der Waals surface area contributed by atoms with Gasteiger partial charge in [-0.05, 0) is 19.3 Å². The first kappa shape index (κ1) is 17.4. The highest BCUT2D eigenvalue weighted by Crippen LogP contribution is 2.23. The predicted octanol–water partition coefficient (Wildman–Crippen LogP) is 1.38. The first-order valence-electron chi connectivity index (χ1n) is 7.23. The van der Waals surface area contributed by atoms with E-state index in [-0.39, 0.29) is 19.0 Å². The van der Waals surface area contributed by atoms with Crippen molar-refractivity contribution in [1.82, 2.24) is 8.61 Å². The Kier molecular flexibility index (Phi) is 6.91. The zero-order valence-electron chi connectivity index (χ0n) is 12.7. The van der Waals surface area contributed by atoms with Crippen molar-refractivity contribution in [2.24, 2.45) is 0 Å². The van der Waals surface area contributed by atoms with E-state index in [1.165, 1.54) is 18.5 Å². The Morgan fingerprint density at radius 3 is 2.65 bits per heavy atom. The van der Waals surface area contributed by atoms with Crippen molar-refractivity contribution in [3.05, 3.63) is 0 Å². The summed E-state index contributed by atoms with van der Waals surface area (Å²) in [5, 5.41) is 0. The summed E-state index contributed by atoms with van der Waals surface area (Å²) in [4.78, 5) is 11.1. The van der Waals surface area contributed by atoms with Gasteiger partial charge in [0.15, 0.2) is 0 Å². The van der Waals surface area contributed by atoms with Crippen LogP contribution in [0.2, 0.25) is 0 Å². The maximum Gasteiger partial charge on any atom is 0.306 e. The summed E-state index contributed by atoms with van der Waals surface area (Å²) in [5.41, 5.74) is 0. The maximum absolute atomic E-state index is 12.6. The van der Waals surface area contributed by atoms with Crippen LogP contribution in [0.1, 0.15) is 45.4 Å². The minimum Gasteiger partial charge on any atom is -0.469 e. The number of nitrogens with zero attached hydrogens (tertiary/aromatic N) is 2. The number of hydrogen-bond donors (Lipinski definition) is 0. The molecular formula is C13H26N2O4S. The van der Waals surface area contributed by atoms with Crippen molar-refractivity contribution in [3.63, 3.8) is 0 Å². The lowest BCUT2D eigenvalue weighted by molar-refractivity contribution is -0.140. The van der Waals surface area contributed by atoms with Gasteiger partial charge in [0.05, 0.1) is 13.5 Å². The van der Waals surface area contributed by atoms with Gasteiger partial charge in [0.25, 0.3) is 10.2 Å². The van der Waals surface area contributed by atoms with Crippen LogP contribution >= 0.6 is 0 Å². The van der Waals surface area contributed by atoms with E-state index in [0.29, 0.717) is 6.54 Å². The number of carbonyl (C=O) groups is 1. The molecule has 0 aromatic carbocycles. The number of esters is 1. The molecule has 1 saturated heterocycles. The van der Waals surface area contributed by atoms with Gasteiger partial charge in [-0.1, -0.05) is 19.8 Å². The van der Waals surface area contributed by atoms with Crippen LogP contribution in [-0.2, 0) is 19.7 Å². The molecule has 0 N–H and O–H groups in total. The smallest absolute Gasteiger partial charge is 0.306 e. The van der Waals surface area contributed by atoms with Crippen LogP contribution in [0.4, 0.5) is 0 Å². The Morgan fingerprint density at radius 2 is 2.05 bits per heavy atom. The molecule has 7 heteroatoms. The van der Waals surface area contributed by atoms with Crippen LogP contribution in [0.5, 0.6) is 0 Å². The lowest BCUT2D eigenvalue weighted by atomic mass is 10.1. The molecule has 0 aromatic rings. The molecule has 0 bridgehead atoms. The fraction of sp³-hybridized carbons (Fsp3) is 0.923. The van der Waals surface area contributed by atoms with Gasteiger partial charge in [-0.2, -0.15) is 17.0 Å². The fourth-order valence-corrected chi connectivity index (χ4v) is 4.18. The number of rotatable bonds is 6. The molecule has 20 heavy (non-hydrogen) atoms. The summed E-state index contributed by atoms with van der Waals surface area (Å²) >= 11 is 0. The SMILES string of the molecule is CCC1CCCCCN1S(=O)(=O)N(C)CCC(=O)OC. The lowest BCUT2D eigenvalue weighted by Crippen LogP contribution is -2.47. The molecule has 118 valence electrons. The first-order valence-corrected chi connectivity index (χ1v) is 8.63. The molecule has 1 rings (SSSR count). The van der Waals surface area contributed by atoms with E-state index in [1.54, 1.807) is 4.31 Å². The van der Waals surface area contributed by atoms with Crippen LogP contribution in [0.15, 0.2) is 0 Å². The Balaban J connectivity index is 2.75. The molecule has 1 aliphatic heterocycles. The Morgan fingerprint density at radius 1 is 1.35 bits per heavy atom. The zero-order valence-corrected chi connectivity index (χ0v) is 13.5. The molecule has 0 aliphatic carbocycles. The second-order valence-corrected chi connectivity index (χ2v) is 7.17. The standard InChI is InChI=1S/C13H26N2O4S/c1-4-12-8-6-5-7-10-15(12)20(17,18)14(2)11-9-13(16)19-3/h12H,4-11H2,1-3H3. The van der Waals surface area contributed by atoms with Gasteiger partial charge in [-0.3, -0.25) is 4.79 Å². The summed E-state index contributed by atoms with van der Waals surface area (Å²) in [6.45, 7) is 2.75. The van der Waals surface area contributed by atoms with Crippen LogP contribution in [0.25, 0.3) is 0 Å². The van der Waals surface area contributed by atoms with Crippen molar-refractivity contribution < 1.29 is 17.9 Å². The zero-order chi connectivity index (χ0) is 15.2. The van der Waals surface area contributed by atoms with Crippen LogP contribution < -0.4 is 0 Å². The molecule has 6 nitrogen and oxygen atoms in total. The monoisotopic (exact) mass is 306 g/mol. The largest absolute Gasteiger partial charge is 0.469 e. The average Bonchev–Trinajstić information content (AvgIpc) is 2.69. The van der Waals surface area contributed by atoms with Crippen molar-refractivity contribution in [1.29, 1.82) is 0 Å². The second-order valence-electron chi connectivity index (χ2n) is 5.18. The molecule has 0 radical (unpaired) electrons. The van der Waals surface area contributed by atoms with E-state index in [9.17, 15) is 13.2 Å². The van der Waals surface area contributed by atoms with E-state index in [0.717, 1.165) is 32.1 Å². The number of methoxy groups -OCH3 is 1. The topological polar surface area (TPSA) is 66.9 Å². The van der Waals surface area contributed by atoms with E-state index in [2.05, 4.69) is 4.74 Å². The third-order valence-corrected chi connectivity index (χ3v) is 5.89. The molecular weight excluding hydrogens is 280 g/mol. The Hall–Kier alpha value is -0.660. The molecule has 1 heterocycles. The van der Waals surface area contributed by atoms with Gasteiger partial charge in [0.1, 0.15) is 0 Å². The summed E-state index contributed by atoms with van der Waals surface area (Å²) in [7, 11) is -0.664. The van der Waals surface area contributed by atoms with Crippen molar-refractivity contribution >= 4 is 16.2 Å². The summed E-state index contributed by atoms with van der Waals surface area (Å²) in [6, 6.07) is 0.0723. The highest BCUT2D eigenvalue weighted by Gasteiger charge is 2.33. The fourth-order valence-electron chi connectivity index (χ4n) is 2.51. The molecule has 1 fully saturated rings. The van der Waals surface area contributed by atoms with Crippen molar-refractivity contribution in [3.8, 4) is 0 Å². The second kappa shape index (κ2) is 7.95. The molecule has 0 amide bonds. The first-order chi connectivity index (χ1) is 9.43. The third-order valence-electron chi connectivity index (χ3n) is 3.84. The molecule has 0 saturated carbocycles. The van der Waals surface area contributed by atoms with E-state index < -0.39 is 16.2 Å². The van der Waals surface area contributed by atoms with Gasteiger partial charge in [0, 0.05) is 26.2 Å². The molecule has 0 spiro atoms. The number of ether oxygens (including phenoxy) is 1. The molecule has 1 atom stereocenters. The quantitative estimate of drug-likeness (QED) is 0.695. The normalized spacial score (nSPS) is 21.7. The van der Waals surface area contributed by atoms with E-state index >= 15 is 0 Å². The van der Waals surface area contributed by atoms with E-state index in [4.69, 9.17) is 0 Å². The average molecular weight is 306 g/mol. The Bertz CT molecular complexity index is 411. The minimum atomic E-state index is -3.49. The van der Waals surface area contributed by atoms with Gasteiger partial charge in [0.2, 0.25) is 0 Å². The summed E-state index contributed by atoms with van der Waals surface area (Å²) in [6.07, 6.45) is 4.88.